The van der Waals surface area contributed by atoms with E-state index in [-0.39, 0.29) is 54.3 Å². The Morgan fingerprint density at radius 2 is 1.60 bits per heavy atom. The van der Waals surface area contributed by atoms with Crippen LogP contribution in [0.25, 0.3) is 0 Å². The Labute approximate surface area is 241 Å². The molecule has 0 radical (unpaired) electrons. The first-order valence-corrected chi connectivity index (χ1v) is 14.8. The number of sulfone groups is 1. The van der Waals surface area contributed by atoms with Crippen LogP contribution in [0.3, 0.4) is 0 Å². The van der Waals surface area contributed by atoms with E-state index in [1.54, 1.807) is 13.8 Å². The zero-order valence-electron chi connectivity index (χ0n) is 22.8. The standard InChI is InChI=1S/C28H27F8NO5S/c1-24(2)20(14-22(38)42-24)23(39)37-12-11-25(43(40,41)18-7-5-17(29)6-8-18)19-9-4-16(13-15(19)3-10-21(25)37)26(30,27(31,32)33)28(34,35)36/h4-9,13,20-22,38H,3,10-12,14H2,1-2H3/t20-,21-,22?,25-/m1/s1. The van der Waals surface area contributed by atoms with Gasteiger partial charge in [-0.15, -0.1) is 0 Å². The van der Waals surface area contributed by atoms with E-state index in [1.165, 1.54) is 4.90 Å². The fourth-order valence-corrected chi connectivity index (χ4v) is 9.25. The lowest BCUT2D eigenvalue weighted by Crippen LogP contribution is -2.54. The number of aliphatic hydroxyl groups excluding tert-OH is 1. The Bertz CT molecular complexity index is 1530. The van der Waals surface area contributed by atoms with Crippen LogP contribution in [0.5, 0.6) is 0 Å². The van der Waals surface area contributed by atoms with Crippen LogP contribution in [0.15, 0.2) is 47.4 Å². The van der Waals surface area contributed by atoms with E-state index in [0.717, 1.165) is 30.3 Å². The molecule has 0 saturated carbocycles. The number of ether oxygens (including phenoxy) is 1. The zero-order chi connectivity index (χ0) is 32.0. The molecular formula is C28H27F8NO5S. The fourth-order valence-electron chi connectivity index (χ4n) is 6.88. The van der Waals surface area contributed by atoms with Gasteiger partial charge in [-0.25, -0.2) is 17.2 Å². The summed E-state index contributed by atoms with van der Waals surface area (Å²) in [6.07, 6.45) is -14.8. The zero-order valence-corrected chi connectivity index (χ0v) is 23.6. The summed E-state index contributed by atoms with van der Waals surface area (Å²) in [5.41, 5.74) is -9.01. The second-order valence-corrected chi connectivity index (χ2v) is 13.9. The number of amides is 1. The minimum Gasteiger partial charge on any atom is -0.368 e. The summed E-state index contributed by atoms with van der Waals surface area (Å²) in [4.78, 5) is 14.7. The van der Waals surface area contributed by atoms with Crippen LogP contribution in [0, 0.1) is 11.7 Å². The molecule has 2 aliphatic heterocycles. The van der Waals surface area contributed by atoms with Gasteiger partial charge in [-0.05, 0) is 68.5 Å². The largest absolute Gasteiger partial charge is 0.435 e. The third-order valence-corrected chi connectivity index (χ3v) is 11.5. The summed E-state index contributed by atoms with van der Waals surface area (Å²) in [5.74, 6) is -2.19. The Morgan fingerprint density at radius 1 is 1.00 bits per heavy atom. The van der Waals surface area contributed by atoms with Gasteiger partial charge >= 0.3 is 18.0 Å². The van der Waals surface area contributed by atoms with Crippen LogP contribution in [0.1, 0.15) is 49.8 Å². The third-order valence-electron chi connectivity index (χ3n) is 8.97. The lowest BCUT2D eigenvalue weighted by molar-refractivity contribution is -0.348. The van der Waals surface area contributed by atoms with E-state index >= 15 is 0 Å². The van der Waals surface area contributed by atoms with Crippen molar-refractivity contribution in [2.24, 2.45) is 5.92 Å². The van der Waals surface area contributed by atoms with Gasteiger partial charge in [0.15, 0.2) is 16.1 Å². The number of fused-ring (bicyclic) bond motifs is 3. The molecule has 0 bridgehead atoms. The number of alkyl halides is 7. The average Bonchev–Trinajstić information content (AvgIpc) is 3.43. The Hall–Kier alpha value is -2.78. The number of nitrogens with zero attached hydrogens (tertiary/aromatic N) is 1. The van der Waals surface area contributed by atoms with E-state index in [4.69, 9.17) is 4.74 Å². The molecule has 2 fully saturated rings. The summed E-state index contributed by atoms with van der Waals surface area (Å²) >= 11 is 0. The topological polar surface area (TPSA) is 83.9 Å². The van der Waals surface area contributed by atoms with Crippen LogP contribution in [0.2, 0.25) is 0 Å². The molecule has 2 aromatic carbocycles. The molecule has 2 heterocycles. The Morgan fingerprint density at radius 3 is 2.14 bits per heavy atom. The van der Waals surface area contributed by atoms with Gasteiger partial charge in [-0.2, -0.15) is 26.3 Å². The number of benzene rings is 2. The highest BCUT2D eigenvalue weighted by Gasteiger charge is 2.74. The molecule has 236 valence electrons. The minimum atomic E-state index is -6.37. The summed E-state index contributed by atoms with van der Waals surface area (Å²) in [6, 6.07) is 4.01. The van der Waals surface area contributed by atoms with Crippen LogP contribution in [-0.4, -0.2) is 61.2 Å². The van der Waals surface area contributed by atoms with Gasteiger partial charge in [0.05, 0.1) is 22.5 Å². The maximum atomic E-state index is 15.0. The van der Waals surface area contributed by atoms with Gasteiger partial charge in [-0.3, -0.25) is 4.79 Å². The van der Waals surface area contributed by atoms with Crippen molar-refractivity contribution < 1.29 is 58.2 Å². The molecule has 3 aliphatic rings. The van der Waals surface area contributed by atoms with Crippen molar-refractivity contribution in [2.45, 2.75) is 85.1 Å². The minimum absolute atomic E-state index is 0.0832. The molecule has 1 N–H and O–H groups in total. The first kappa shape index (κ1) is 31.6. The molecular weight excluding hydrogens is 614 g/mol. The highest BCUT2D eigenvalue weighted by Crippen LogP contribution is 2.57. The first-order chi connectivity index (χ1) is 19.7. The summed E-state index contributed by atoms with van der Waals surface area (Å²) in [7, 11) is -4.60. The van der Waals surface area contributed by atoms with Gasteiger partial charge in [0.2, 0.25) is 5.91 Å². The van der Waals surface area contributed by atoms with Crippen LogP contribution >= 0.6 is 0 Å². The number of aryl methyl sites for hydroxylation is 1. The maximum Gasteiger partial charge on any atom is 0.435 e. The number of halogens is 8. The van der Waals surface area contributed by atoms with Crippen LogP contribution in [0.4, 0.5) is 35.1 Å². The first-order valence-electron chi connectivity index (χ1n) is 13.3. The van der Waals surface area contributed by atoms with E-state index in [9.17, 15) is 53.4 Å². The fraction of sp³-hybridized carbons (Fsp3) is 0.536. The van der Waals surface area contributed by atoms with Crippen LogP contribution in [-0.2, 0) is 36.2 Å². The van der Waals surface area contributed by atoms with E-state index in [2.05, 4.69) is 0 Å². The molecule has 0 aromatic heterocycles. The monoisotopic (exact) mass is 641 g/mol. The second kappa shape index (κ2) is 9.86. The van der Waals surface area contributed by atoms with Gasteiger partial charge in [0, 0.05) is 18.5 Å². The number of likely N-dealkylation sites (tertiary alicyclic amines) is 1. The summed E-state index contributed by atoms with van der Waals surface area (Å²) < 4.78 is 142. The quantitative estimate of drug-likeness (QED) is 0.354. The summed E-state index contributed by atoms with van der Waals surface area (Å²) in [6.45, 7) is 2.99. The van der Waals surface area contributed by atoms with Crippen molar-refractivity contribution >= 4 is 15.7 Å². The molecule has 6 nitrogen and oxygen atoms in total. The van der Waals surface area contributed by atoms with Crippen molar-refractivity contribution in [3.05, 3.63) is 65.0 Å². The molecule has 4 atom stereocenters. The molecule has 2 saturated heterocycles. The van der Waals surface area contributed by atoms with Crippen molar-refractivity contribution in [1.29, 1.82) is 0 Å². The van der Waals surface area contributed by atoms with Crippen molar-refractivity contribution in [3.8, 4) is 0 Å². The smallest absolute Gasteiger partial charge is 0.368 e. The number of rotatable bonds is 4. The number of hydrogen-bond donors (Lipinski definition) is 1. The van der Waals surface area contributed by atoms with Crippen LogP contribution < -0.4 is 0 Å². The number of carbonyl (C=O) groups excluding carboxylic acids is 1. The molecule has 1 unspecified atom stereocenters. The normalized spacial score (nSPS) is 27.6. The molecule has 1 aliphatic carbocycles. The molecule has 2 aromatic rings. The van der Waals surface area contributed by atoms with Gasteiger partial charge in [0.25, 0.3) is 0 Å². The maximum absolute atomic E-state index is 15.0. The van der Waals surface area contributed by atoms with E-state index < -0.39 is 73.7 Å². The van der Waals surface area contributed by atoms with Crippen molar-refractivity contribution in [3.63, 3.8) is 0 Å². The van der Waals surface area contributed by atoms with E-state index in [0.29, 0.717) is 6.07 Å². The average molecular weight is 642 g/mol. The lowest BCUT2D eigenvalue weighted by atomic mass is 9.76. The lowest BCUT2D eigenvalue weighted by Gasteiger charge is -2.44. The second-order valence-electron chi connectivity index (χ2n) is 11.7. The molecule has 15 heteroatoms. The SMILES string of the molecule is CC1(C)OC(O)C[C@@H]1C(=O)N1CC[C@@]2(S(=O)(=O)c3ccc(F)cc3)c3ccc(C(F)(C(F)(F)F)C(F)(F)F)cc3CC[C@@H]12. The number of carbonyl (C=O) groups is 1. The number of hydrogen-bond acceptors (Lipinski definition) is 5. The summed E-state index contributed by atoms with van der Waals surface area (Å²) in [5, 5.41) is 10.0. The van der Waals surface area contributed by atoms with Gasteiger partial charge in [0.1, 0.15) is 10.6 Å². The highest BCUT2D eigenvalue weighted by molar-refractivity contribution is 7.92. The Kier molecular flexibility index (Phi) is 7.26. The predicted molar refractivity (Wildman–Crippen MR) is 134 cm³/mol. The number of aliphatic hydroxyl groups is 1. The molecule has 43 heavy (non-hydrogen) atoms. The van der Waals surface area contributed by atoms with Gasteiger partial charge in [-0.1, -0.05) is 18.2 Å². The van der Waals surface area contributed by atoms with Crippen molar-refractivity contribution in [1.82, 2.24) is 4.90 Å². The highest BCUT2D eigenvalue weighted by atomic mass is 32.2. The Balaban J connectivity index is 1.68. The third kappa shape index (κ3) is 4.55. The van der Waals surface area contributed by atoms with Gasteiger partial charge < -0.3 is 14.7 Å². The molecule has 0 spiro atoms. The van der Waals surface area contributed by atoms with Crippen molar-refractivity contribution in [2.75, 3.05) is 6.54 Å². The van der Waals surface area contributed by atoms with E-state index in [1.807, 2.05) is 0 Å². The predicted octanol–water partition coefficient (Wildman–Crippen LogP) is 5.46. The molecule has 5 rings (SSSR count). The molecule has 1 amide bonds.